The summed E-state index contributed by atoms with van der Waals surface area (Å²) in [5, 5.41) is 6.66. The van der Waals surface area contributed by atoms with E-state index in [-0.39, 0.29) is 16.1 Å². The minimum absolute atomic E-state index is 0.179. The average molecular weight is 606 g/mol. The van der Waals surface area contributed by atoms with Crippen LogP contribution in [0.3, 0.4) is 0 Å². The number of fused-ring (bicyclic) bond motifs is 2. The van der Waals surface area contributed by atoms with E-state index in [1.165, 1.54) is 68.9 Å². The third kappa shape index (κ3) is 6.35. The summed E-state index contributed by atoms with van der Waals surface area (Å²) in [6.07, 6.45) is 3.81. The Bertz CT molecular complexity index is 1510. The van der Waals surface area contributed by atoms with Gasteiger partial charge in [0.05, 0.1) is 11.9 Å². The van der Waals surface area contributed by atoms with Gasteiger partial charge in [-0.2, -0.15) is 4.98 Å². The Kier molecular flexibility index (Phi) is 7.45. The third-order valence-electron chi connectivity index (χ3n) is 8.35. The molecule has 0 amide bonds. The summed E-state index contributed by atoms with van der Waals surface area (Å²) in [4.78, 5) is 11.6. The van der Waals surface area contributed by atoms with Crippen molar-refractivity contribution in [3.8, 4) is 5.75 Å². The molecular formula is C29H32ClF3N5O2P. The Morgan fingerprint density at radius 2 is 1.78 bits per heavy atom. The van der Waals surface area contributed by atoms with Gasteiger partial charge < -0.3 is 19.9 Å². The molecule has 2 bridgehead atoms. The van der Waals surface area contributed by atoms with Gasteiger partial charge in [0, 0.05) is 29.6 Å². The first kappa shape index (κ1) is 28.3. The molecule has 2 aliphatic heterocycles. The summed E-state index contributed by atoms with van der Waals surface area (Å²) in [6.45, 7) is 4.20. The van der Waals surface area contributed by atoms with Crippen molar-refractivity contribution in [3.63, 3.8) is 0 Å². The topological polar surface area (TPSA) is 79.4 Å². The van der Waals surface area contributed by atoms with E-state index in [1.807, 2.05) is 6.07 Å². The minimum Gasteiger partial charge on any atom is -0.406 e. The van der Waals surface area contributed by atoms with Gasteiger partial charge in [0.2, 0.25) is 5.95 Å². The summed E-state index contributed by atoms with van der Waals surface area (Å²) < 4.78 is 55.2. The second kappa shape index (κ2) is 10.8. The lowest BCUT2D eigenvalue weighted by molar-refractivity contribution is -0.274. The normalized spacial score (nSPS) is 22.4. The molecule has 7 rings (SSSR count). The molecular weight excluding hydrogens is 574 g/mol. The SMILES string of the molecule is CP(C)(=O)c1cc(OC(F)(F)F)ccc1Nc1nc(Nc2ccc3c(c2)CC[C@H](N2CC4CC2C4)CC3)ncc1Cl. The molecule has 3 aromatic rings. The van der Waals surface area contributed by atoms with Crippen molar-refractivity contribution in [2.24, 2.45) is 5.92 Å². The van der Waals surface area contributed by atoms with Crippen molar-refractivity contribution in [1.82, 2.24) is 14.9 Å². The first-order valence-corrected chi connectivity index (χ1v) is 16.8. The highest BCUT2D eigenvalue weighted by molar-refractivity contribution is 7.70. The summed E-state index contributed by atoms with van der Waals surface area (Å²) in [6, 6.07) is 11.5. The van der Waals surface area contributed by atoms with Crippen LogP contribution in [0.1, 0.15) is 36.8 Å². The lowest BCUT2D eigenvalue weighted by atomic mass is 9.86. The zero-order chi connectivity index (χ0) is 28.9. The molecule has 218 valence electrons. The molecule has 1 saturated carbocycles. The fourth-order valence-corrected chi connectivity index (χ4v) is 7.63. The smallest absolute Gasteiger partial charge is 0.406 e. The van der Waals surface area contributed by atoms with Gasteiger partial charge in [0.15, 0.2) is 5.82 Å². The van der Waals surface area contributed by atoms with Crippen molar-refractivity contribution in [2.75, 3.05) is 30.5 Å². The second-order valence-electron chi connectivity index (χ2n) is 11.6. The quantitative estimate of drug-likeness (QED) is 0.220. The molecule has 2 saturated heterocycles. The third-order valence-corrected chi connectivity index (χ3v) is 10.2. The Morgan fingerprint density at radius 1 is 1.02 bits per heavy atom. The second-order valence-corrected chi connectivity index (χ2v) is 15.2. The van der Waals surface area contributed by atoms with Gasteiger partial charge in [-0.15, -0.1) is 13.2 Å². The van der Waals surface area contributed by atoms with Gasteiger partial charge in [-0.05, 0) is 99.2 Å². The molecule has 2 aromatic carbocycles. The van der Waals surface area contributed by atoms with E-state index in [1.54, 1.807) is 0 Å². The van der Waals surface area contributed by atoms with E-state index in [0.29, 0.717) is 17.7 Å². The molecule has 0 unspecified atom stereocenters. The van der Waals surface area contributed by atoms with Crippen molar-refractivity contribution in [1.29, 1.82) is 0 Å². The summed E-state index contributed by atoms with van der Waals surface area (Å²) in [7, 11) is -3.01. The Hall–Kier alpha value is -2.81. The van der Waals surface area contributed by atoms with Crippen LogP contribution in [0.4, 0.5) is 36.3 Å². The largest absolute Gasteiger partial charge is 0.573 e. The Labute approximate surface area is 242 Å². The summed E-state index contributed by atoms with van der Waals surface area (Å²) in [5.74, 6) is 0.993. The molecule has 3 heterocycles. The van der Waals surface area contributed by atoms with Gasteiger partial charge in [0.1, 0.15) is 17.9 Å². The van der Waals surface area contributed by atoms with Gasteiger partial charge in [0.25, 0.3) is 0 Å². The van der Waals surface area contributed by atoms with Crippen LogP contribution in [0, 0.1) is 5.92 Å². The lowest BCUT2D eigenvalue weighted by Crippen LogP contribution is -2.37. The molecule has 12 heteroatoms. The standard InChI is InChI=1S/C29H32ClF3N5O2P/c1-41(2,39)26-14-23(40-29(31,32)33)9-10-25(26)36-27-24(30)15-34-28(37-27)35-20-6-3-18-4-7-21(8-5-19(18)13-20)38-16-17-11-22(38)12-17/h3,6,9-10,13-15,17,21-22H,4-5,7-8,11-12,16H2,1-2H3,(H2,34,35,36,37)/t17?,21-,22?/m1/s1. The van der Waals surface area contributed by atoms with Gasteiger partial charge >= 0.3 is 6.36 Å². The van der Waals surface area contributed by atoms with E-state index in [2.05, 4.69) is 42.4 Å². The number of benzene rings is 2. The molecule has 0 spiro atoms. The maximum atomic E-state index is 12.9. The van der Waals surface area contributed by atoms with Crippen molar-refractivity contribution in [3.05, 3.63) is 58.7 Å². The van der Waals surface area contributed by atoms with Crippen LogP contribution in [0.5, 0.6) is 5.75 Å². The van der Waals surface area contributed by atoms with Crippen molar-refractivity contribution >= 4 is 47.2 Å². The molecule has 7 nitrogen and oxygen atoms in total. The summed E-state index contributed by atoms with van der Waals surface area (Å²) >= 11 is 6.37. The highest BCUT2D eigenvalue weighted by Gasteiger charge is 2.45. The Morgan fingerprint density at radius 3 is 2.46 bits per heavy atom. The monoisotopic (exact) mass is 605 g/mol. The maximum Gasteiger partial charge on any atom is 0.573 e. The predicted octanol–water partition coefficient (Wildman–Crippen LogP) is 7.11. The van der Waals surface area contributed by atoms with Crippen LogP contribution < -0.4 is 20.7 Å². The fourth-order valence-electron chi connectivity index (χ4n) is 6.35. The number of aromatic nitrogens is 2. The number of rotatable bonds is 7. The molecule has 4 aliphatic rings. The predicted molar refractivity (Wildman–Crippen MR) is 156 cm³/mol. The number of aryl methyl sites for hydroxylation is 2. The highest BCUT2D eigenvalue weighted by Crippen LogP contribution is 2.44. The molecule has 3 fully saturated rings. The number of alkyl halides is 3. The first-order chi connectivity index (χ1) is 19.4. The molecule has 41 heavy (non-hydrogen) atoms. The maximum absolute atomic E-state index is 12.9. The number of hydrogen-bond donors (Lipinski definition) is 2. The van der Waals surface area contributed by atoms with Crippen LogP contribution in [0.25, 0.3) is 0 Å². The van der Waals surface area contributed by atoms with Crippen molar-refractivity contribution in [2.45, 2.75) is 57.0 Å². The molecule has 0 radical (unpaired) electrons. The number of ether oxygens (including phenoxy) is 1. The molecule has 1 atom stereocenters. The van der Waals surface area contributed by atoms with Crippen LogP contribution in [0.2, 0.25) is 5.02 Å². The first-order valence-electron chi connectivity index (χ1n) is 13.8. The number of anilines is 4. The summed E-state index contributed by atoms with van der Waals surface area (Å²) in [5.41, 5.74) is 3.90. The zero-order valence-electron chi connectivity index (χ0n) is 22.8. The lowest BCUT2D eigenvalue weighted by Gasteiger charge is -2.32. The van der Waals surface area contributed by atoms with Crippen LogP contribution in [-0.4, -0.2) is 53.2 Å². The minimum atomic E-state index is -4.86. The number of nitrogens with one attached hydrogen (secondary N) is 2. The van der Waals surface area contributed by atoms with Crippen LogP contribution >= 0.6 is 18.7 Å². The molecule has 2 N–H and O–H groups in total. The fraction of sp³-hybridized carbons (Fsp3) is 0.448. The van der Waals surface area contributed by atoms with Gasteiger partial charge in [-0.25, -0.2) is 4.98 Å². The zero-order valence-corrected chi connectivity index (χ0v) is 24.5. The van der Waals surface area contributed by atoms with Crippen LogP contribution in [-0.2, 0) is 17.4 Å². The molecule has 2 aliphatic carbocycles. The van der Waals surface area contributed by atoms with E-state index in [0.717, 1.165) is 42.6 Å². The number of nitrogens with zero attached hydrogens (tertiary/aromatic N) is 3. The Balaban J connectivity index is 1.18. The van der Waals surface area contributed by atoms with E-state index in [9.17, 15) is 17.7 Å². The average Bonchev–Trinajstić information content (AvgIpc) is 3.41. The van der Waals surface area contributed by atoms with E-state index in [4.69, 9.17) is 11.6 Å². The number of hydrogen-bond acceptors (Lipinski definition) is 7. The molecule has 1 aromatic heterocycles. The van der Waals surface area contributed by atoms with Gasteiger partial charge in [-0.1, -0.05) is 17.7 Å². The van der Waals surface area contributed by atoms with Gasteiger partial charge in [-0.3, -0.25) is 4.90 Å². The van der Waals surface area contributed by atoms with Crippen LogP contribution in [0.15, 0.2) is 42.6 Å². The highest BCUT2D eigenvalue weighted by atomic mass is 35.5. The van der Waals surface area contributed by atoms with Crippen molar-refractivity contribution < 1.29 is 22.5 Å². The number of halogens is 4. The van der Waals surface area contributed by atoms with E-state index >= 15 is 0 Å². The van der Waals surface area contributed by atoms with E-state index < -0.39 is 19.3 Å².